The lowest BCUT2D eigenvalue weighted by atomic mass is 10.3. The largest absolute Gasteiger partial charge is 0.508 e. The van der Waals surface area contributed by atoms with E-state index in [0.29, 0.717) is 11.5 Å². The Bertz CT molecular complexity index is 549. The number of aromatic hydroxyl groups is 2. The van der Waals surface area contributed by atoms with Crippen LogP contribution < -0.4 is 4.74 Å². The van der Waals surface area contributed by atoms with Gasteiger partial charge in [-0.25, -0.2) is 9.59 Å². The van der Waals surface area contributed by atoms with E-state index in [0.717, 1.165) is 0 Å². The summed E-state index contributed by atoms with van der Waals surface area (Å²) in [5.41, 5.74) is -2.72. The second-order valence-corrected chi connectivity index (χ2v) is 4.24. The van der Waals surface area contributed by atoms with E-state index in [1.807, 2.05) is 0 Å². The second kappa shape index (κ2) is 11.0. The summed E-state index contributed by atoms with van der Waals surface area (Å²) in [7, 11) is 0. The molecule has 9 heteroatoms. The lowest BCUT2D eigenvalue weighted by Crippen LogP contribution is -1.82. The first kappa shape index (κ1) is 20.4. The number of carboxylic acid groups (broad SMARTS) is 2. The molecule has 0 aliphatic rings. The van der Waals surface area contributed by atoms with Crippen LogP contribution in [0.2, 0.25) is 0 Å². The Morgan fingerprint density at radius 2 is 0.913 bits per heavy atom. The highest BCUT2D eigenvalue weighted by Crippen LogP contribution is 2.24. The highest BCUT2D eigenvalue weighted by molar-refractivity contribution is 6.60. The Balaban J connectivity index is 0.000000509. The number of ether oxygens (including phenoxy) is 1. The average Bonchev–Trinajstić information content (AvgIpc) is 2.43. The van der Waals surface area contributed by atoms with Gasteiger partial charge in [0.25, 0.3) is 0 Å². The number of phenolic OH excluding ortho intramolecular Hbond substituents is 2. The zero-order valence-corrected chi connectivity index (χ0v) is 12.9. The molecule has 0 bridgehead atoms. The number of rotatable bonds is 2. The lowest BCUT2D eigenvalue weighted by molar-refractivity contribution is 0.219. The first-order valence-corrected chi connectivity index (χ1v) is 6.49. The third-order valence-corrected chi connectivity index (χ3v) is 1.91. The van der Waals surface area contributed by atoms with Gasteiger partial charge in [-0.2, -0.15) is 0 Å². The van der Waals surface area contributed by atoms with Crippen LogP contribution in [0.15, 0.2) is 48.5 Å². The molecule has 124 valence electrons. The minimum absolute atomic E-state index is 0.202. The van der Waals surface area contributed by atoms with Gasteiger partial charge >= 0.3 is 10.9 Å². The third kappa shape index (κ3) is 12.8. The molecule has 0 aliphatic carbocycles. The molecular weight excluding hydrogens is 351 g/mol. The number of hydrogen-bond acceptors (Lipinski definition) is 5. The molecule has 7 nitrogen and oxygen atoms in total. The molecular formula is C14H12Cl2O7. The molecule has 23 heavy (non-hydrogen) atoms. The van der Waals surface area contributed by atoms with Crippen molar-refractivity contribution in [1.29, 1.82) is 0 Å². The van der Waals surface area contributed by atoms with Crippen LogP contribution in [0.3, 0.4) is 0 Å². The van der Waals surface area contributed by atoms with Crippen LogP contribution in [-0.4, -0.2) is 31.3 Å². The van der Waals surface area contributed by atoms with Crippen molar-refractivity contribution in [2.75, 3.05) is 0 Å². The van der Waals surface area contributed by atoms with Crippen LogP contribution in [0.25, 0.3) is 0 Å². The fraction of sp³-hybridized carbons (Fsp3) is 0. The number of halogens is 2. The van der Waals surface area contributed by atoms with Crippen molar-refractivity contribution in [2.45, 2.75) is 0 Å². The fourth-order valence-electron chi connectivity index (χ4n) is 1.16. The topological polar surface area (TPSA) is 124 Å². The van der Waals surface area contributed by atoms with Gasteiger partial charge in [-0.05, 0) is 48.5 Å². The minimum Gasteiger partial charge on any atom is -0.508 e. The van der Waals surface area contributed by atoms with Crippen molar-refractivity contribution < 1.29 is 34.8 Å². The smallest absolute Gasteiger partial charge is 0.401 e. The number of hydrogen-bond donors (Lipinski definition) is 4. The first-order chi connectivity index (χ1) is 10.7. The predicted molar refractivity (Wildman–Crippen MR) is 84.0 cm³/mol. The highest BCUT2D eigenvalue weighted by atomic mass is 35.5. The molecule has 0 saturated carbocycles. The summed E-state index contributed by atoms with van der Waals surface area (Å²) in [5.74, 6) is 1.68. The molecule has 0 spiro atoms. The summed E-state index contributed by atoms with van der Waals surface area (Å²) in [6, 6.07) is 12.9. The number of phenols is 2. The molecule has 4 N–H and O–H groups in total. The zero-order chi connectivity index (χ0) is 17.8. The van der Waals surface area contributed by atoms with Gasteiger partial charge in [0.05, 0.1) is 0 Å². The molecule has 2 aromatic rings. The average molecular weight is 363 g/mol. The van der Waals surface area contributed by atoms with Gasteiger partial charge in [0, 0.05) is 23.2 Å². The quantitative estimate of drug-likeness (QED) is 0.570. The SMILES string of the molecule is O=C(O)Cl.O=C(O)Cl.Oc1ccc(Oc2ccc(O)cc2)cc1. The number of carbonyl (C=O) groups is 2. The van der Waals surface area contributed by atoms with Crippen LogP contribution in [0.1, 0.15) is 0 Å². The molecule has 0 fully saturated rings. The summed E-state index contributed by atoms with van der Waals surface area (Å²) in [6.45, 7) is 0. The molecule has 0 saturated heterocycles. The standard InChI is InChI=1S/C12H10O3.2CHClO2/c13-9-1-5-11(6-2-9)15-12-7-3-10(14)4-8-12;2*2-1(3)4/h1-8,13-14H;2*(H,3,4). The monoisotopic (exact) mass is 362 g/mol. The van der Waals surface area contributed by atoms with Crippen molar-refractivity contribution >= 4 is 34.1 Å². The fourth-order valence-corrected chi connectivity index (χ4v) is 1.16. The van der Waals surface area contributed by atoms with E-state index in [9.17, 15) is 0 Å². The molecule has 0 unspecified atom stereocenters. The minimum atomic E-state index is -1.36. The van der Waals surface area contributed by atoms with Crippen LogP contribution in [0.4, 0.5) is 9.59 Å². The van der Waals surface area contributed by atoms with E-state index in [1.54, 1.807) is 48.5 Å². The van der Waals surface area contributed by atoms with E-state index in [1.165, 1.54) is 0 Å². The van der Waals surface area contributed by atoms with E-state index in [2.05, 4.69) is 23.2 Å². The second-order valence-electron chi connectivity index (χ2n) is 3.60. The van der Waals surface area contributed by atoms with Crippen molar-refractivity contribution in [3.05, 3.63) is 48.5 Å². The van der Waals surface area contributed by atoms with E-state index >= 15 is 0 Å². The zero-order valence-electron chi connectivity index (χ0n) is 11.4. The molecule has 0 heterocycles. The Hall–Kier alpha value is -2.64. The molecule has 0 atom stereocenters. The van der Waals surface area contributed by atoms with Gasteiger partial charge in [-0.1, -0.05) is 0 Å². The maximum absolute atomic E-state index is 9.07. The summed E-state index contributed by atoms with van der Waals surface area (Å²) in [4.78, 5) is 17.5. The number of benzene rings is 2. The molecule has 0 amide bonds. The Morgan fingerprint density at radius 3 is 1.13 bits per heavy atom. The van der Waals surface area contributed by atoms with E-state index < -0.39 is 10.9 Å². The van der Waals surface area contributed by atoms with Crippen molar-refractivity contribution in [1.82, 2.24) is 0 Å². The van der Waals surface area contributed by atoms with Gasteiger partial charge in [-0.15, -0.1) is 0 Å². The van der Waals surface area contributed by atoms with Crippen molar-refractivity contribution in [3.8, 4) is 23.0 Å². The predicted octanol–water partition coefficient (Wildman–Crippen LogP) is 4.70. The maximum Gasteiger partial charge on any atom is 0.401 e. The van der Waals surface area contributed by atoms with Gasteiger partial charge in [0.15, 0.2) is 0 Å². The normalized spacial score (nSPS) is 8.61. The highest BCUT2D eigenvalue weighted by Gasteiger charge is 1.97. The van der Waals surface area contributed by atoms with Gasteiger partial charge in [-0.3, -0.25) is 0 Å². The maximum atomic E-state index is 9.07. The van der Waals surface area contributed by atoms with Crippen molar-refractivity contribution in [3.63, 3.8) is 0 Å². The lowest BCUT2D eigenvalue weighted by Gasteiger charge is -2.05. The third-order valence-electron chi connectivity index (χ3n) is 1.91. The van der Waals surface area contributed by atoms with Crippen LogP contribution in [0.5, 0.6) is 23.0 Å². The van der Waals surface area contributed by atoms with Crippen LogP contribution in [-0.2, 0) is 0 Å². The summed E-state index contributed by atoms with van der Waals surface area (Å²) in [5, 5.41) is 32.5. The Kier molecular flexibility index (Phi) is 9.74. The molecule has 0 radical (unpaired) electrons. The van der Waals surface area contributed by atoms with Crippen LogP contribution in [0, 0.1) is 0 Å². The van der Waals surface area contributed by atoms with Gasteiger partial charge in [0.1, 0.15) is 23.0 Å². The molecule has 2 rings (SSSR count). The van der Waals surface area contributed by atoms with Crippen molar-refractivity contribution in [2.24, 2.45) is 0 Å². The summed E-state index contributed by atoms with van der Waals surface area (Å²) < 4.78 is 5.47. The van der Waals surface area contributed by atoms with E-state index in [-0.39, 0.29) is 11.5 Å². The first-order valence-electron chi connectivity index (χ1n) is 5.73. The summed E-state index contributed by atoms with van der Waals surface area (Å²) >= 11 is 8.38. The Morgan fingerprint density at radius 1 is 0.696 bits per heavy atom. The van der Waals surface area contributed by atoms with Crippen LogP contribution >= 0.6 is 23.2 Å². The molecule has 0 aliphatic heterocycles. The van der Waals surface area contributed by atoms with Gasteiger partial charge in [0.2, 0.25) is 0 Å². The molecule has 0 aromatic heterocycles. The Labute approximate surface area is 140 Å². The summed E-state index contributed by atoms with van der Waals surface area (Å²) in [6.07, 6.45) is 0. The van der Waals surface area contributed by atoms with E-state index in [4.69, 9.17) is 34.8 Å². The molecule has 2 aromatic carbocycles. The van der Waals surface area contributed by atoms with Gasteiger partial charge < -0.3 is 25.2 Å².